The van der Waals surface area contributed by atoms with Crippen molar-refractivity contribution in [2.45, 2.75) is 33.2 Å². The molecular weight excluding hydrogens is 426 g/mol. The van der Waals surface area contributed by atoms with Crippen LogP contribution in [0.3, 0.4) is 0 Å². The molecule has 0 spiro atoms. The Hall–Kier alpha value is -3.45. The number of imidazole rings is 1. The fourth-order valence-corrected chi connectivity index (χ4v) is 3.51. The molecule has 3 heterocycles. The minimum Gasteiger partial charge on any atom is -0.388 e. The maximum absolute atomic E-state index is 12.2. The number of carbonyl (C=O) groups is 1. The van der Waals surface area contributed by atoms with Gasteiger partial charge in [-0.2, -0.15) is 0 Å². The van der Waals surface area contributed by atoms with E-state index in [-0.39, 0.29) is 11.7 Å². The SMILES string of the molecule is CCC(C)n1c(=O)[nH]c2cc(-c3cc(NC)ccc3C)cnc21.O=Cc1ccnc(Cl)c1. The molecular formula is C24H26ClN5O2. The van der Waals surface area contributed by atoms with Crippen molar-refractivity contribution in [2.75, 3.05) is 12.4 Å². The van der Waals surface area contributed by atoms with Gasteiger partial charge in [0.05, 0.1) is 5.52 Å². The first kappa shape index (κ1) is 23.2. The number of halogens is 1. The third-order valence-corrected chi connectivity index (χ3v) is 5.52. The van der Waals surface area contributed by atoms with E-state index in [0.29, 0.717) is 10.7 Å². The lowest BCUT2D eigenvalue weighted by atomic mass is 10.0. The van der Waals surface area contributed by atoms with Gasteiger partial charge in [0, 0.05) is 42.3 Å². The number of hydrogen-bond donors (Lipinski definition) is 2. The molecule has 32 heavy (non-hydrogen) atoms. The van der Waals surface area contributed by atoms with Gasteiger partial charge in [0.25, 0.3) is 0 Å². The van der Waals surface area contributed by atoms with E-state index in [9.17, 15) is 9.59 Å². The zero-order valence-corrected chi connectivity index (χ0v) is 19.3. The summed E-state index contributed by atoms with van der Waals surface area (Å²) >= 11 is 5.45. The standard InChI is InChI=1S/C18H22N4O.C6H4ClNO/c1-5-12(3)22-17-16(21-18(22)23)8-13(10-20-17)15-9-14(19-4)7-6-11(15)2;7-6-3-5(4-9)1-2-8-6/h6-10,12,19H,5H2,1-4H3,(H,21,23);1-4H. The van der Waals surface area contributed by atoms with Crippen LogP contribution < -0.4 is 11.0 Å². The zero-order valence-electron chi connectivity index (χ0n) is 18.5. The van der Waals surface area contributed by atoms with Crippen molar-refractivity contribution in [3.8, 4) is 11.1 Å². The fourth-order valence-electron chi connectivity index (χ4n) is 3.33. The summed E-state index contributed by atoms with van der Waals surface area (Å²) in [7, 11) is 1.90. The highest BCUT2D eigenvalue weighted by Gasteiger charge is 2.14. The minimum absolute atomic E-state index is 0.0975. The smallest absolute Gasteiger partial charge is 0.327 e. The molecule has 2 N–H and O–H groups in total. The first-order chi connectivity index (χ1) is 15.4. The van der Waals surface area contributed by atoms with Gasteiger partial charge in [0.15, 0.2) is 5.65 Å². The summed E-state index contributed by atoms with van der Waals surface area (Å²) in [6.07, 6.45) is 4.95. The number of pyridine rings is 2. The normalized spacial score (nSPS) is 11.5. The molecule has 1 unspecified atom stereocenters. The number of aldehydes is 1. The van der Waals surface area contributed by atoms with E-state index in [4.69, 9.17) is 11.6 Å². The summed E-state index contributed by atoms with van der Waals surface area (Å²) in [6, 6.07) is 11.5. The number of aromatic amines is 1. The van der Waals surface area contributed by atoms with Crippen molar-refractivity contribution in [1.29, 1.82) is 0 Å². The Kier molecular flexibility index (Phi) is 7.43. The molecule has 0 aliphatic rings. The molecule has 3 aromatic heterocycles. The van der Waals surface area contributed by atoms with Gasteiger partial charge < -0.3 is 10.3 Å². The summed E-state index contributed by atoms with van der Waals surface area (Å²) in [5.41, 5.74) is 6.30. The van der Waals surface area contributed by atoms with Crippen LogP contribution in [0.5, 0.6) is 0 Å². The van der Waals surface area contributed by atoms with E-state index < -0.39 is 0 Å². The van der Waals surface area contributed by atoms with Gasteiger partial charge in [-0.1, -0.05) is 24.6 Å². The Morgan fingerprint density at radius 2 is 2.00 bits per heavy atom. The predicted molar refractivity (Wildman–Crippen MR) is 130 cm³/mol. The highest BCUT2D eigenvalue weighted by atomic mass is 35.5. The number of aryl methyl sites for hydroxylation is 1. The van der Waals surface area contributed by atoms with Crippen LogP contribution in [0.4, 0.5) is 5.69 Å². The molecule has 166 valence electrons. The number of H-pyrrole nitrogens is 1. The monoisotopic (exact) mass is 451 g/mol. The topological polar surface area (TPSA) is 92.7 Å². The van der Waals surface area contributed by atoms with Crippen LogP contribution in [0.15, 0.2) is 53.6 Å². The molecule has 0 radical (unpaired) electrons. The van der Waals surface area contributed by atoms with Crippen LogP contribution >= 0.6 is 11.6 Å². The number of anilines is 1. The zero-order chi connectivity index (χ0) is 23.3. The fraction of sp³-hybridized carbons (Fsp3) is 0.250. The second-order valence-electron chi connectivity index (χ2n) is 7.46. The Morgan fingerprint density at radius 1 is 1.22 bits per heavy atom. The Morgan fingerprint density at radius 3 is 2.62 bits per heavy atom. The molecule has 7 nitrogen and oxygen atoms in total. The van der Waals surface area contributed by atoms with E-state index in [1.807, 2.05) is 32.3 Å². The molecule has 0 aliphatic carbocycles. The van der Waals surface area contributed by atoms with E-state index >= 15 is 0 Å². The van der Waals surface area contributed by atoms with E-state index in [2.05, 4.69) is 46.2 Å². The minimum atomic E-state index is -0.0975. The third kappa shape index (κ3) is 5.06. The first-order valence-corrected chi connectivity index (χ1v) is 10.7. The van der Waals surface area contributed by atoms with Crippen LogP contribution in [0.2, 0.25) is 5.15 Å². The van der Waals surface area contributed by atoms with Crippen molar-refractivity contribution >= 4 is 34.7 Å². The second kappa shape index (κ2) is 10.2. The van der Waals surface area contributed by atoms with Gasteiger partial charge in [-0.05, 0) is 61.7 Å². The highest BCUT2D eigenvalue weighted by molar-refractivity contribution is 6.29. The third-order valence-electron chi connectivity index (χ3n) is 5.31. The number of fused-ring (bicyclic) bond motifs is 1. The molecule has 0 fully saturated rings. The molecule has 4 aromatic rings. The van der Waals surface area contributed by atoms with Crippen molar-refractivity contribution < 1.29 is 4.79 Å². The Labute approximate surface area is 191 Å². The molecule has 1 aromatic carbocycles. The van der Waals surface area contributed by atoms with Crippen LogP contribution in [0.25, 0.3) is 22.3 Å². The number of rotatable bonds is 5. The molecule has 0 aliphatic heterocycles. The van der Waals surface area contributed by atoms with E-state index in [1.165, 1.54) is 17.8 Å². The number of carbonyl (C=O) groups excluding carboxylic acids is 1. The van der Waals surface area contributed by atoms with Crippen LogP contribution in [-0.4, -0.2) is 32.9 Å². The molecule has 4 rings (SSSR count). The van der Waals surface area contributed by atoms with Gasteiger partial charge in [0.1, 0.15) is 11.4 Å². The number of hydrogen-bond acceptors (Lipinski definition) is 5. The van der Waals surface area contributed by atoms with Gasteiger partial charge in [0.2, 0.25) is 0 Å². The van der Waals surface area contributed by atoms with Crippen molar-refractivity contribution in [3.63, 3.8) is 0 Å². The lowest BCUT2D eigenvalue weighted by Gasteiger charge is -2.11. The lowest BCUT2D eigenvalue weighted by Crippen LogP contribution is -2.20. The molecule has 1 atom stereocenters. The largest absolute Gasteiger partial charge is 0.388 e. The Balaban J connectivity index is 0.000000269. The molecule has 0 saturated carbocycles. The number of benzene rings is 1. The van der Waals surface area contributed by atoms with Crippen molar-refractivity contribution in [2.24, 2.45) is 0 Å². The Bertz CT molecular complexity index is 1300. The predicted octanol–water partition coefficient (Wildman–Crippen LogP) is 5.26. The van der Waals surface area contributed by atoms with Gasteiger partial charge >= 0.3 is 5.69 Å². The average Bonchev–Trinajstić information content (AvgIpc) is 3.14. The number of nitrogens with one attached hydrogen (secondary N) is 2. The maximum Gasteiger partial charge on any atom is 0.327 e. The second-order valence-corrected chi connectivity index (χ2v) is 7.85. The van der Waals surface area contributed by atoms with Gasteiger partial charge in [-0.3, -0.25) is 9.36 Å². The van der Waals surface area contributed by atoms with E-state index in [0.717, 1.165) is 40.7 Å². The van der Waals surface area contributed by atoms with Gasteiger partial charge in [-0.25, -0.2) is 14.8 Å². The number of aromatic nitrogens is 4. The van der Waals surface area contributed by atoms with Crippen LogP contribution in [0.1, 0.15) is 42.2 Å². The highest BCUT2D eigenvalue weighted by Crippen LogP contribution is 2.28. The first-order valence-electron chi connectivity index (χ1n) is 10.3. The summed E-state index contributed by atoms with van der Waals surface area (Å²) < 4.78 is 1.73. The van der Waals surface area contributed by atoms with Crippen molar-refractivity contribution in [1.82, 2.24) is 19.5 Å². The van der Waals surface area contributed by atoms with Crippen LogP contribution in [-0.2, 0) is 0 Å². The molecule has 0 amide bonds. The lowest BCUT2D eigenvalue weighted by molar-refractivity contribution is 0.112. The molecule has 0 bridgehead atoms. The summed E-state index contributed by atoms with van der Waals surface area (Å²) in [5.74, 6) is 0. The molecule has 8 heteroatoms. The summed E-state index contributed by atoms with van der Waals surface area (Å²) in [4.78, 5) is 33.5. The summed E-state index contributed by atoms with van der Waals surface area (Å²) in [6.45, 7) is 6.17. The van der Waals surface area contributed by atoms with Crippen LogP contribution in [0, 0.1) is 6.92 Å². The van der Waals surface area contributed by atoms with Crippen molar-refractivity contribution in [3.05, 3.63) is 75.6 Å². The summed E-state index contributed by atoms with van der Waals surface area (Å²) in [5, 5.41) is 3.50. The van der Waals surface area contributed by atoms with Gasteiger partial charge in [-0.15, -0.1) is 0 Å². The maximum atomic E-state index is 12.2. The number of nitrogens with zero attached hydrogens (tertiary/aromatic N) is 3. The average molecular weight is 452 g/mol. The molecule has 0 saturated heterocycles. The van der Waals surface area contributed by atoms with E-state index in [1.54, 1.807) is 10.6 Å². The quantitative estimate of drug-likeness (QED) is 0.319.